The van der Waals surface area contributed by atoms with Crippen LogP contribution in [-0.4, -0.2) is 89.3 Å². The van der Waals surface area contributed by atoms with Gasteiger partial charge in [0.1, 0.15) is 0 Å². The Morgan fingerprint density at radius 2 is 1.75 bits per heavy atom. The van der Waals surface area contributed by atoms with Crippen molar-refractivity contribution in [3.63, 3.8) is 0 Å². The Balaban J connectivity index is 0.920. The number of benzene rings is 2. The molecule has 3 aliphatic heterocycles. The molecule has 3 amide bonds. The third-order valence-corrected chi connectivity index (χ3v) is 11.6. The Morgan fingerprint density at radius 1 is 0.961 bits per heavy atom. The molecule has 0 spiro atoms. The van der Waals surface area contributed by atoms with Gasteiger partial charge in [0, 0.05) is 104 Å². The fourth-order valence-corrected chi connectivity index (χ4v) is 8.69. The van der Waals surface area contributed by atoms with Gasteiger partial charge in [0.05, 0.1) is 29.1 Å². The van der Waals surface area contributed by atoms with Crippen LogP contribution in [-0.2, 0) is 23.2 Å². The zero-order valence-electron chi connectivity index (χ0n) is 29.6. The largest absolute Gasteiger partial charge is 0.371 e. The molecule has 0 unspecified atom stereocenters. The number of nitriles is 1. The lowest BCUT2D eigenvalue weighted by atomic mass is 9.70. The summed E-state index contributed by atoms with van der Waals surface area (Å²) < 4.78 is 0. The van der Waals surface area contributed by atoms with Gasteiger partial charge in [-0.3, -0.25) is 34.6 Å². The van der Waals surface area contributed by atoms with Gasteiger partial charge in [0.15, 0.2) is 5.78 Å². The number of H-pyrrole nitrogens is 1. The number of hydrogen-bond donors (Lipinski definition) is 2. The zero-order valence-corrected chi connectivity index (χ0v) is 29.6. The molecule has 2 aromatic heterocycles. The Kier molecular flexibility index (Phi) is 8.39. The second-order valence-corrected chi connectivity index (χ2v) is 14.9. The van der Waals surface area contributed by atoms with E-state index < -0.39 is 5.41 Å². The van der Waals surface area contributed by atoms with Crippen LogP contribution < -0.4 is 15.1 Å². The molecule has 262 valence electrons. The number of ketones is 1. The van der Waals surface area contributed by atoms with Crippen molar-refractivity contribution < 1.29 is 14.4 Å². The normalized spacial score (nSPS) is 19.9. The molecule has 51 heavy (non-hydrogen) atoms. The van der Waals surface area contributed by atoms with Gasteiger partial charge in [-0.05, 0) is 66.3 Å². The number of pyridine rings is 1. The Labute approximate surface area is 298 Å². The number of nitrogens with one attached hydrogen (secondary N) is 2. The molecular formula is C40H44N8O3. The quantitative estimate of drug-likeness (QED) is 0.287. The van der Waals surface area contributed by atoms with Crippen molar-refractivity contribution in [3.8, 4) is 6.07 Å². The summed E-state index contributed by atoms with van der Waals surface area (Å²) in [6.45, 7) is 13.7. The second-order valence-electron chi connectivity index (χ2n) is 14.9. The molecule has 3 fully saturated rings. The third-order valence-electron chi connectivity index (χ3n) is 11.6. The molecular weight excluding hydrogens is 640 g/mol. The standard InChI is InChI=1S/C40H44N8O3/c1-4-27-19-31-32(40(2,3)38-36(37(31)50)30-6-5-25(21-41)18-33(30)43-38)20-34(27)47-10-7-28(8-11-47)46-15-13-45(14-16-46)24-26-17-29(23-42-22-26)48-12-9-35(49)44-39(48)51/h5-6,17-20,22-23,28,43H,4,7-16,24H2,1-3H3,(H,44,49,51). The van der Waals surface area contributed by atoms with Gasteiger partial charge in [0.2, 0.25) is 5.91 Å². The lowest BCUT2D eigenvalue weighted by Crippen LogP contribution is -2.53. The van der Waals surface area contributed by atoms with E-state index in [4.69, 9.17) is 0 Å². The number of carbonyl (C=O) groups excluding carboxylic acids is 3. The molecule has 1 aliphatic carbocycles. The van der Waals surface area contributed by atoms with E-state index in [-0.39, 0.29) is 17.7 Å². The number of imide groups is 1. The van der Waals surface area contributed by atoms with E-state index in [1.54, 1.807) is 17.2 Å². The van der Waals surface area contributed by atoms with Crippen LogP contribution in [0.15, 0.2) is 48.8 Å². The minimum absolute atomic E-state index is 0.0606. The third kappa shape index (κ3) is 5.86. The van der Waals surface area contributed by atoms with Crippen LogP contribution >= 0.6 is 0 Å². The number of anilines is 2. The molecule has 3 saturated heterocycles. The van der Waals surface area contributed by atoms with Crippen molar-refractivity contribution in [2.45, 2.75) is 64.5 Å². The Bertz CT molecular complexity index is 2100. The van der Waals surface area contributed by atoms with Gasteiger partial charge in [-0.2, -0.15) is 5.26 Å². The molecule has 11 nitrogen and oxygen atoms in total. The number of aryl methyl sites for hydroxylation is 1. The monoisotopic (exact) mass is 684 g/mol. The molecule has 4 aromatic rings. The summed E-state index contributed by atoms with van der Waals surface area (Å²) in [5, 5.41) is 12.7. The van der Waals surface area contributed by atoms with Crippen LogP contribution in [0.5, 0.6) is 0 Å². The summed E-state index contributed by atoms with van der Waals surface area (Å²) in [4.78, 5) is 55.2. The van der Waals surface area contributed by atoms with Crippen LogP contribution in [0.25, 0.3) is 10.9 Å². The number of fused-ring (bicyclic) bond motifs is 4. The highest BCUT2D eigenvalue weighted by molar-refractivity contribution is 6.20. The summed E-state index contributed by atoms with van der Waals surface area (Å²) in [6, 6.07) is 14.4. The second kappa shape index (κ2) is 12.9. The maximum absolute atomic E-state index is 14.1. The van der Waals surface area contributed by atoms with E-state index in [0.29, 0.717) is 24.6 Å². The molecule has 2 aromatic carbocycles. The molecule has 0 radical (unpaired) electrons. The van der Waals surface area contributed by atoms with E-state index >= 15 is 0 Å². The minimum atomic E-state index is -0.399. The van der Waals surface area contributed by atoms with Gasteiger partial charge < -0.3 is 9.88 Å². The first kappa shape index (κ1) is 33.1. The number of urea groups is 1. The highest BCUT2D eigenvalue weighted by Gasteiger charge is 2.41. The van der Waals surface area contributed by atoms with E-state index in [1.165, 1.54) is 11.3 Å². The average molecular weight is 685 g/mol. The highest BCUT2D eigenvalue weighted by atomic mass is 16.2. The number of rotatable bonds is 6. The van der Waals surface area contributed by atoms with Crippen LogP contribution in [0.2, 0.25) is 0 Å². The van der Waals surface area contributed by atoms with Crippen LogP contribution in [0.4, 0.5) is 16.2 Å². The fourth-order valence-electron chi connectivity index (χ4n) is 8.69. The fraction of sp³-hybridized carbons (Fsp3) is 0.425. The van der Waals surface area contributed by atoms with E-state index in [0.717, 1.165) is 110 Å². The van der Waals surface area contributed by atoms with Crippen LogP contribution in [0.1, 0.15) is 83.9 Å². The van der Waals surface area contributed by atoms with Gasteiger partial charge in [-0.15, -0.1) is 0 Å². The Hall–Kier alpha value is -5.05. The van der Waals surface area contributed by atoms with Crippen LogP contribution in [0.3, 0.4) is 0 Å². The number of piperidine rings is 1. The topological polar surface area (TPSA) is 129 Å². The Morgan fingerprint density at radius 3 is 2.47 bits per heavy atom. The smallest absolute Gasteiger partial charge is 0.328 e. The number of aromatic nitrogens is 2. The first-order valence-corrected chi connectivity index (χ1v) is 18.2. The predicted molar refractivity (Wildman–Crippen MR) is 196 cm³/mol. The summed E-state index contributed by atoms with van der Waals surface area (Å²) in [5.74, 6) is -0.178. The maximum atomic E-state index is 14.1. The average Bonchev–Trinajstić information content (AvgIpc) is 3.54. The van der Waals surface area contributed by atoms with Gasteiger partial charge in [-0.25, -0.2) is 4.79 Å². The van der Waals surface area contributed by atoms with Crippen molar-refractivity contribution >= 4 is 40.0 Å². The number of amides is 3. The molecule has 5 heterocycles. The predicted octanol–water partition coefficient (Wildman–Crippen LogP) is 5.10. The van der Waals surface area contributed by atoms with Gasteiger partial charge >= 0.3 is 6.03 Å². The van der Waals surface area contributed by atoms with Gasteiger partial charge in [-0.1, -0.05) is 26.8 Å². The minimum Gasteiger partial charge on any atom is -0.371 e. The van der Waals surface area contributed by atoms with Crippen molar-refractivity contribution in [2.24, 2.45) is 0 Å². The number of piperazine rings is 1. The van der Waals surface area contributed by atoms with Crippen molar-refractivity contribution in [1.82, 2.24) is 25.1 Å². The van der Waals surface area contributed by atoms with Crippen LogP contribution in [0, 0.1) is 11.3 Å². The lowest BCUT2D eigenvalue weighted by Gasteiger charge is -2.44. The van der Waals surface area contributed by atoms with Gasteiger partial charge in [0.25, 0.3) is 0 Å². The van der Waals surface area contributed by atoms with E-state index in [9.17, 15) is 19.6 Å². The molecule has 0 saturated carbocycles. The van der Waals surface area contributed by atoms with Crippen molar-refractivity contribution in [1.29, 1.82) is 5.26 Å². The summed E-state index contributed by atoms with van der Waals surface area (Å²) >= 11 is 0. The molecule has 0 bridgehead atoms. The van der Waals surface area contributed by atoms with E-state index in [2.05, 4.69) is 69.0 Å². The first-order chi connectivity index (χ1) is 24.6. The number of carbonyl (C=O) groups is 3. The van der Waals surface area contributed by atoms with Crippen molar-refractivity contribution in [3.05, 3.63) is 87.9 Å². The zero-order chi connectivity index (χ0) is 35.4. The number of hydrogen-bond acceptors (Lipinski definition) is 8. The summed E-state index contributed by atoms with van der Waals surface area (Å²) in [6.07, 6.45) is 6.90. The molecule has 8 rings (SSSR count). The molecule has 4 aliphatic rings. The molecule has 0 atom stereocenters. The molecule has 2 N–H and O–H groups in total. The first-order valence-electron chi connectivity index (χ1n) is 18.2. The summed E-state index contributed by atoms with van der Waals surface area (Å²) in [7, 11) is 0. The van der Waals surface area contributed by atoms with Crippen molar-refractivity contribution in [2.75, 3.05) is 55.6 Å². The number of aromatic amines is 1. The van der Waals surface area contributed by atoms with E-state index in [1.807, 2.05) is 24.4 Å². The maximum Gasteiger partial charge on any atom is 0.328 e. The number of nitrogens with zero attached hydrogens (tertiary/aromatic N) is 6. The summed E-state index contributed by atoms with van der Waals surface area (Å²) in [5.41, 5.74) is 8.78. The SMILES string of the molecule is CCc1cc2c(cc1N1CCC(N3CCN(Cc4cncc(N5CCC(=O)NC5=O)c4)CC3)CC1)C(C)(C)c1[nH]c3cc(C#N)ccc3c1C2=O. The molecule has 11 heteroatoms. The lowest BCUT2D eigenvalue weighted by molar-refractivity contribution is -0.120. The highest BCUT2D eigenvalue weighted by Crippen LogP contribution is 2.46.